The van der Waals surface area contributed by atoms with Crippen LogP contribution in [0.25, 0.3) is 0 Å². The van der Waals surface area contributed by atoms with Crippen LogP contribution >= 0.6 is 15.9 Å². The van der Waals surface area contributed by atoms with E-state index in [0.717, 1.165) is 16.1 Å². The van der Waals surface area contributed by atoms with Crippen LogP contribution in [0.15, 0.2) is 22.7 Å². The maximum Gasteiger partial charge on any atom is 0.101 e. The first-order valence-corrected chi connectivity index (χ1v) is 6.94. The zero-order chi connectivity index (χ0) is 12.3. The van der Waals surface area contributed by atoms with Crippen molar-refractivity contribution in [2.45, 2.75) is 38.6 Å². The summed E-state index contributed by atoms with van der Waals surface area (Å²) >= 11 is 3.44. The lowest BCUT2D eigenvalue weighted by Crippen LogP contribution is -2.23. The van der Waals surface area contributed by atoms with Gasteiger partial charge in [-0.3, -0.25) is 0 Å². The van der Waals surface area contributed by atoms with Gasteiger partial charge in [-0.25, -0.2) is 0 Å². The molecule has 2 rings (SSSR count). The van der Waals surface area contributed by atoms with E-state index in [4.69, 9.17) is 5.26 Å². The molecule has 0 radical (unpaired) electrons. The second-order valence-corrected chi connectivity index (χ2v) is 5.80. The monoisotopic (exact) mass is 292 g/mol. The number of rotatable bonds is 4. The maximum atomic E-state index is 9.06. The minimum Gasteiger partial charge on any atom is -0.381 e. The number of hydrogen-bond donors (Lipinski definition) is 1. The average Bonchev–Trinajstić information content (AvgIpc) is 2.24. The van der Waals surface area contributed by atoms with Crippen LogP contribution in [0.1, 0.15) is 38.2 Å². The summed E-state index contributed by atoms with van der Waals surface area (Å²) in [5.41, 5.74) is 1.65. The van der Waals surface area contributed by atoms with E-state index in [2.05, 4.69) is 34.2 Å². The number of nitrogens with one attached hydrogen (secondary N) is 1. The highest BCUT2D eigenvalue weighted by molar-refractivity contribution is 9.10. The molecule has 17 heavy (non-hydrogen) atoms. The van der Waals surface area contributed by atoms with Gasteiger partial charge in [0.1, 0.15) is 6.07 Å². The van der Waals surface area contributed by atoms with Crippen LogP contribution in [0.3, 0.4) is 0 Å². The molecule has 1 aliphatic carbocycles. The van der Waals surface area contributed by atoms with E-state index >= 15 is 0 Å². The Kier molecular flexibility index (Phi) is 4.06. The first-order chi connectivity index (χ1) is 8.19. The number of benzene rings is 1. The summed E-state index contributed by atoms with van der Waals surface area (Å²) in [5, 5.41) is 12.5. The molecule has 0 spiro atoms. The summed E-state index contributed by atoms with van der Waals surface area (Å²) < 4.78 is 1.01. The second kappa shape index (κ2) is 5.55. The van der Waals surface area contributed by atoms with Gasteiger partial charge >= 0.3 is 0 Å². The van der Waals surface area contributed by atoms with Gasteiger partial charge in [0, 0.05) is 10.5 Å². The van der Waals surface area contributed by atoms with Crippen LogP contribution in [0.4, 0.5) is 5.69 Å². The number of halogens is 1. The molecule has 0 heterocycles. The molecule has 1 aromatic carbocycles. The standard InChI is InChI=1S/C14H17BrN2/c1-10(7-11-3-2-4-11)17-14-8-13(15)6-5-12(14)9-16/h5-6,8,10-11,17H,2-4,7H2,1H3. The Labute approximate surface area is 111 Å². The third-order valence-electron chi connectivity index (χ3n) is 3.42. The van der Waals surface area contributed by atoms with Gasteiger partial charge in [0.2, 0.25) is 0 Å². The molecule has 3 heteroatoms. The van der Waals surface area contributed by atoms with Crippen molar-refractivity contribution in [3.63, 3.8) is 0 Å². The Bertz CT molecular complexity index is 432. The lowest BCUT2D eigenvalue weighted by Gasteiger charge is -2.29. The summed E-state index contributed by atoms with van der Waals surface area (Å²) in [7, 11) is 0. The number of nitriles is 1. The van der Waals surface area contributed by atoms with Crippen molar-refractivity contribution in [2.75, 3.05) is 5.32 Å². The summed E-state index contributed by atoms with van der Waals surface area (Å²) in [4.78, 5) is 0. The van der Waals surface area contributed by atoms with Crippen LogP contribution in [0, 0.1) is 17.2 Å². The van der Waals surface area contributed by atoms with Gasteiger partial charge in [0.05, 0.1) is 11.3 Å². The van der Waals surface area contributed by atoms with Gasteiger partial charge in [-0.15, -0.1) is 0 Å². The van der Waals surface area contributed by atoms with E-state index in [1.807, 2.05) is 18.2 Å². The lowest BCUT2D eigenvalue weighted by atomic mass is 9.81. The first kappa shape index (κ1) is 12.4. The fourth-order valence-corrected chi connectivity index (χ4v) is 2.65. The average molecular weight is 293 g/mol. The molecule has 0 saturated heterocycles. The van der Waals surface area contributed by atoms with Crippen molar-refractivity contribution in [3.8, 4) is 6.07 Å². The quantitative estimate of drug-likeness (QED) is 0.897. The molecule has 1 unspecified atom stereocenters. The summed E-state index contributed by atoms with van der Waals surface area (Å²) in [6.45, 7) is 2.19. The molecule has 1 fully saturated rings. The highest BCUT2D eigenvalue weighted by Crippen LogP contribution is 2.31. The van der Waals surface area contributed by atoms with E-state index in [-0.39, 0.29) is 0 Å². The Hall–Kier alpha value is -1.01. The Morgan fingerprint density at radius 2 is 2.29 bits per heavy atom. The highest BCUT2D eigenvalue weighted by Gasteiger charge is 2.20. The van der Waals surface area contributed by atoms with Crippen LogP contribution in [-0.2, 0) is 0 Å². The third kappa shape index (κ3) is 3.23. The molecular weight excluding hydrogens is 276 g/mol. The summed E-state index contributed by atoms with van der Waals surface area (Å²) in [6, 6.07) is 8.39. The Morgan fingerprint density at radius 3 is 2.88 bits per heavy atom. The van der Waals surface area contributed by atoms with E-state index in [9.17, 15) is 0 Å². The van der Waals surface area contributed by atoms with Gasteiger partial charge in [0.15, 0.2) is 0 Å². The molecule has 1 saturated carbocycles. The highest BCUT2D eigenvalue weighted by atomic mass is 79.9. The molecule has 1 aromatic rings. The molecule has 1 atom stereocenters. The molecule has 0 bridgehead atoms. The van der Waals surface area contributed by atoms with E-state index in [1.54, 1.807) is 0 Å². The van der Waals surface area contributed by atoms with Crippen LogP contribution < -0.4 is 5.32 Å². The fraction of sp³-hybridized carbons (Fsp3) is 0.500. The van der Waals surface area contributed by atoms with Crippen molar-refractivity contribution < 1.29 is 0 Å². The Balaban J connectivity index is 2.01. The van der Waals surface area contributed by atoms with Crippen molar-refractivity contribution in [2.24, 2.45) is 5.92 Å². The van der Waals surface area contributed by atoms with Gasteiger partial charge in [-0.05, 0) is 37.5 Å². The van der Waals surface area contributed by atoms with Crippen LogP contribution in [-0.4, -0.2) is 6.04 Å². The smallest absolute Gasteiger partial charge is 0.101 e. The maximum absolute atomic E-state index is 9.06. The van der Waals surface area contributed by atoms with Crippen molar-refractivity contribution >= 4 is 21.6 Å². The van der Waals surface area contributed by atoms with E-state index in [0.29, 0.717) is 11.6 Å². The minimum absolute atomic E-state index is 0.432. The molecule has 2 nitrogen and oxygen atoms in total. The summed E-state index contributed by atoms with van der Waals surface area (Å²) in [5.74, 6) is 0.884. The van der Waals surface area contributed by atoms with Crippen molar-refractivity contribution in [1.82, 2.24) is 0 Å². The van der Waals surface area contributed by atoms with Crippen molar-refractivity contribution in [1.29, 1.82) is 5.26 Å². The molecule has 90 valence electrons. The van der Waals surface area contributed by atoms with E-state index < -0.39 is 0 Å². The zero-order valence-electron chi connectivity index (χ0n) is 10.0. The topological polar surface area (TPSA) is 35.8 Å². The van der Waals surface area contributed by atoms with E-state index in [1.165, 1.54) is 25.7 Å². The molecular formula is C14H17BrN2. The number of nitrogens with zero attached hydrogens (tertiary/aromatic N) is 1. The number of anilines is 1. The Morgan fingerprint density at radius 1 is 1.53 bits per heavy atom. The lowest BCUT2D eigenvalue weighted by molar-refractivity contribution is 0.286. The van der Waals surface area contributed by atoms with Crippen LogP contribution in [0.5, 0.6) is 0 Å². The second-order valence-electron chi connectivity index (χ2n) is 4.88. The van der Waals surface area contributed by atoms with Gasteiger partial charge < -0.3 is 5.32 Å². The fourth-order valence-electron chi connectivity index (χ4n) is 2.29. The minimum atomic E-state index is 0.432. The third-order valence-corrected chi connectivity index (χ3v) is 3.91. The molecule has 0 aromatic heterocycles. The molecule has 0 amide bonds. The molecule has 1 aliphatic rings. The predicted molar refractivity (Wildman–Crippen MR) is 73.9 cm³/mol. The number of hydrogen-bond acceptors (Lipinski definition) is 2. The van der Waals surface area contributed by atoms with Crippen molar-refractivity contribution in [3.05, 3.63) is 28.2 Å². The molecule has 0 aliphatic heterocycles. The molecule has 1 N–H and O–H groups in total. The first-order valence-electron chi connectivity index (χ1n) is 6.15. The SMILES string of the molecule is CC(CC1CCC1)Nc1cc(Br)ccc1C#N. The van der Waals surface area contributed by atoms with Gasteiger partial charge in [-0.2, -0.15) is 5.26 Å². The van der Waals surface area contributed by atoms with Gasteiger partial charge in [0.25, 0.3) is 0 Å². The van der Waals surface area contributed by atoms with Crippen LogP contribution in [0.2, 0.25) is 0 Å². The normalized spacial score (nSPS) is 17.0. The summed E-state index contributed by atoms with van der Waals surface area (Å²) in [6.07, 6.45) is 5.33. The predicted octanol–water partition coefficient (Wildman–Crippen LogP) is 4.31. The van der Waals surface area contributed by atoms with Gasteiger partial charge in [-0.1, -0.05) is 35.2 Å². The largest absolute Gasteiger partial charge is 0.381 e. The zero-order valence-corrected chi connectivity index (χ0v) is 11.6.